The third kappa shape index (κ3) is 7.64. The Morgan fingerprint density at radius 3 is 2.72 bits per heavy atom. The number of aromatic nitrogens is 2. The second-order valence-corrected chi connectivity index (χ2v) is 10.5. The SMILES string of the molecule is CCOc1cc(C=NNC(=O)CSc2nnc(-c3ccccc3)s2)ccc1OCc1cccc(Br)c1. The van der Waals surface area contributed by atoms with Crippen LogP contribution in [-0.2, 0) is 11.4 Å². The number of thioether (sulfide) groups is 1. The summed E-state index contributed by atoms with van der Waals surface area (Å²) in [4.78, 5) is 12.2. The van der Waals surface area contributed by atoms with Crippen LogP contribution in [-0.4, -0.2) is 34.7 Å². The lowest BCUT2D eigenvalue weighted by Crippen LogP contribution is -2.19. The Bertz CT molecular complexity index is 1330. The molecule has 7 nitrogen and oxygen atoms in total. The van der Waals surface area contributed by atoms with E-state index in [1.165, 1.54) is 23.1 Å². The van der Waals surface area contributed by atoms with Crippen molar-refractivity contribution in [1.82, 2.24) is 15.6 Å². The second kappa shape index (κ2) is 13.2. The molecule has 0 spiro atoms. The van der Waals surface area contributed by atoms with Gasteiger partial charge in [-0.2, -0.15) is 5.10 Å². The number of halogens is 1. The quantitative estimate of drug-likeness (QED) is 0.129. The molecule has 0 saturated heterocycles. The van der Waals surface area contributed by atoms with Crippen LogP contribution in [0.15, 0.2) is 86.7 Å². The van der Waals surface area contributed by atoms with Crippen LogP contribution in [0.4, 0.5) is 0 Å². The predicted molar refractivity (Wildman–Crippen MR) is 148 cm³/mol. The van der Waals surface area contributed by atoms with Crippen molar-refractivity contribution in [3.05, 3.63) is 88.4 Å². The summed E-state index contributed by atoms with van der Waals surface area (Å²) in [5, 5.41) is 13.2. The first kappa shape index (κ1) is 25.9. The highest BCUT2D eigenvalue weighted by Crippen LogP contribution is 2.30. The molecule has 4 rings (SSSR count). The summed E-state index contributed by atoms with van der Waals surface area (Å²) in [7, 11) is 0. The van der Waals surface area contributed by atoms with Crippen molar-refractivity contribution in [2.24, 2.45) is 5.10 Å². The standard InChI is InChI=1S/C26H23BrN4O3S2/c1-2-33-23-14-18(11-12-22(23)34-16-19-7-6-10-21(27)13-19)15-28-29-24(32)17-35-26-31-30-25(36-26)20-8-4-3-5-9-20/h3-15H,2,16-17H2,1H3,(H,29,32). The number of ether oxygens (including phenoxy) is 2. The minimum atomic E-state index is -0.230. The Labute approximate surface area is 226 Å². The number of nitrogens with zero attached hydrogens (tertiary/aromatic N) is 3. The molecule has 0 atom stereocenters. The van der Waals surface area contributed by atoms with E-state index in [-0.39, 0.29) is 11.7 Å². The number of amides is 1. The minimum absolute atomic E-state index is 0.188. The first-order chi connectivity index (χ1) is 17.6. The average molecular weight is 584 g/mol. The molecule has 1 N–H and O–H groups in total. The van der Waals surface area contributed by atoms with Gasteiger partial charge in [0, 0.05) is 10.0 Å². The van der Waals surface area contributed by atoms with Crippen LogP contribution in [0, 0.1) is 0 Å². The van der Waals surface area contributed by atoms with Gasteiger partial charge in [0.1, 0.15) is 11.6 Å². The van der Waals surface area contributed by atoms with E-state index in [1.807, 2.05) is 79.7 Å². The number of carbonyl (C=O) groups is 1. The average Bonchev–Trinajstić information content (AvgIpc) is 3.37. The zero-order valence-electron chi connectivity index (χ0n) is 19.4. The van der Waals surface area contributed by atoms with E-state index in [9.17, 15) is 4.79 Å². The van der Waals surface area contributed by atoms with Gasteiger partial charge in [-0.25, -0.2) is 5.43 Å². The first-order valence-corrected chi connectivity index (χ1v) is 13.7. The van der Waals surface area contributed by atoms with Crippen LogP contribution in [0.5, 0.6) is 11.5 Å². The molecule has 0 saturated carbocycles. The minimum Gasteiger partial charge on any atom is -0.490 e. The monoisotopic (exact) mass is 582 g/mol. The summed E-state index contributed by atoms with van der Waals surface area (Å²) in [6.45, 7) is 2.83. The fraction of sp³-hybridized carbons (Fsp3) is 0.154. The summed E-state index contributed by atoms with van der Waals surface area (Å²) < 4.78 is 13.4. The van der Waals surface area contributed by atoms with E-state index in [0.717, 1.165) is 30.5 Å². The number of hydrazone groups is 1. The van der Waals surface area contributed by atoms with Gasteiger partial charge in [0.2, 0.25) is 0 Å². The fourth-order valence-corrected chi connectivity index (χ4v) is 5.18. The Hall–Kier alpha value is -3.21. The molecule has 36 heavy (non-hydrogen) atoms. The van der Waals surface area contributed by atoms with Gasteiger partial charge in [-0.1, -0.05) is 81.5 Å². The number of hydrogen-bond acceptors (Lipinski definition) is 8. The maximum atomic E-state index is 12.2. The van der Waals surface area contributed by atoms with E-state index in [4.69, 9.17) is 9.47 Å². The molecule has 184 valence electrons. The maximum Gasteiger partial charge on any atom is 0.250 e. The van der Waals surface area contributed by atoms with E-state index in [2.05, 4.69) is 36.7 Å². The van der Waals surface area contributed by atoms with Crippen LogP contribution in [0.1, 0.15) is 18.1 Å². The number of rotatable bonds is 11. The van der Waals surface area contributed by atoms with E-state index < -0.39 is 0 Å². The lowest BCUT2D eigenvalue weighted by atomic mass is 10.2. The highest BCUT2D eigenvalue weighted by Gasteiger charge is 2.10. The largest absolute Gasteiger partial charge is 0.490 e. The molecule has 0 bridgehead atoms. The number of carbonyl (C=O) groups excluding carboxylic acids is 1. The van der Waals surface area contributed by atoms with Crippen LogP contribution >= 0.6 is 39.0 Å². The normalized spacial score (nSPS) is 10.9. The van der Waals surface area contributed by atoms with Crippen molar-refractivity contribution in [3.8, 4) is 22.1 Å². The third-order valence-electron chi connectivity index (χ3n) is 4.71. The van der Waals surface area contributed by atoms with Crippen molar-refractivity contribution in [2.75, 3.05) is 12.4 Å². The highest BCUT2D eigenvalue weighted by atomic mass is 79.9. The molecule has 4 aromatic rings. The smallest absolute Gasteiger partial charge is 0.250 e. The summed E-state index contributed by atoms with van der Waals surface area (Å²) in [6.07, 6.45) is 1.57. The van der Waals surface area contributed by atoms with E-state index in [1.54, 1.807) is 6.21 Å². The van der Waals surface area contributed by atoms with Gasteiger partial charge in [0.15, 0.2) is 15.8 Å². The lowest BCUT2D eigenvalue weighted by Gasteiger charge is -2.12. The first-order valence-electron chi connectivity index (χ1n) is 11.1. The van der Waals surface area contributed by atoms with Crippen LogP contribution in [0.2, 0.25) is 0 Å². The van der Waals surface area contributed by atoms with Crippen molar-refractivity contribution in [1.29, 1.82) is 0 Å². The molecule has 0 radical (unpaired) electrons. The number of benzene rings is 3. The van der Waals surface area contributed by atoms with Crippen molar-refractivity contribution in [3.63, 3.8) is 0 Å². The molecule has 0 aliphatic rings. The zero-order chi connectivity index (χ0) is 25.2. The molecule has 0 aliphatic heterocycles. The predicted octanol–water partition coefficient (Wildman–Crippen LogP) is 6.19. The molecule has 1 aromatic heterocycles. The summed E-state index contributed by atoms with van der Waals surface area (Å²) in [5.41, 5.74) is 5.37. The van der Waals surface area contributed by atoms with Gasteiger partial charge < -0.3 is 9.47 Å². The van der Waals surface area contributed by atoms with E-state index >= 15 is 0 Å². The van der Waals surface area contributed by atoms with Gasteiger partial charge in [-0.15, -0.1) is 10.2 Å². The van der Waals surface area contributed by atoms with Crippen LogP contribution < -0.4 is 14.9 Å². The molecule has 0 unspecified atom stereocenters. The Morgan fingerprint density at radius 1 is 1.06 bits per heavy atom. The molecule has 0 fully saturated rings. The molecular weight excluding hydrogens is 560 g/mol. The molecule has 3 aromatic carbocycles. The van der Waals surface area contributed by atoms with Gasteiger partial charge in [-0.3, -0.25) is 4.79 Å². The topological polar surface area (TPSA) is 85.7 Å². The molecule has 1 heterocycles. The Kier molecular flexibility index (Phi) is 9.48. The molecule has 1 amide bonds. The van der Waals surface area contributed by atoms with E-state index in [0.29, 0.717) is 24.7 Å². The summed E-state index contributed by atoms with van der Waals surface area (Å²) in [5.74, 6) is 1.21. The van der Waals surface area contributed by atoms with Crippen LogP contribution in [0.25, 0.3) is 10.6 Å². The summed E-state index contributed by atoms with van der Waals surface area (Å²) in [6, 6.07) is 23.3. The van der Waals surface area contributed by atoms with Crippen molar-refractivity contribution < 1.29 is 14.3 Å². The third-order valence-corrected chi connectivity index (χ3v) is 7.31. The Morgan fingerprint density at radius 2 is 1.92 bits per heavy atom. The van der Waals surface area contributed by atoms with Gasteiger partial charge in [0.05, 0.1) is 18.6 Å². The highest BCUT2D eigenvalue weighted by molar-refractivity contribution is 9.10. The van der Waals surface area contributed by atoms with Crippen LogP contribution in [0.3, 0.4) is 0 Å². The maximum absolute atomic E-state index is 12.2. The Balaban J connectivity index is 1.29. The molecular formula is C26H23BrN4O3S2. The van der Waals surface area contributed by atoms with Gasteiger partial charge in [0.25, 0.3) is 5.91 Å². The zero-order valence-corrected chi connectivity index (χ0v) is 22.6. The fourth-order valence-electron chi connectivity index (χ4n) is 3.08. The van der Waals surface area contributed by atoms with Gasteiger partial charge >= 0.3 is 0 Å². The lowest BCUT2D eigenvalue weighted by molar-refractivity contribution is -0.118. The van der Waals surface area contributed by atoms with Crippen molar-refractivity contribution >= 4 is 51.2 Å². The molecule has 0 aliphatic carbocycles. The second-order valence-electron chi connectivity index (χ2n) is 7.38. The summed E-state index contributed by atoms with van der Waals surface area (Å²) >= 11 is 6.25. The number of nitrogens with one attached hydrogen (secondary N) is 1. The van der Waals surface area contributed by atoms with Gasteiger partial charge in [-0.05, 0) is 48.4 Å². The van der Waals surface area contributed by atoms with Crippen molar-refractivity contribution in [2.45, 2.75) is 17.9 Å². The molecule has 10 heteroatoms. The number of hydrogen-bond donors (Lipinski definition) is 1.